The molecule has 0 aliphatic heterocycles. The van der Waals surface area contributed by atoms with Gasteiger partial charge >= 0.3 is 0 Å². The molecule has 0 unspecified atom stereocenters. The molecule has 86 valence electrons. The number of benzene rings is 1. The lowest BCUT2D eigenvalue weighted by Gasteiger charge is -2.21. The molecular formula is C13H17NO2. The maximum absolute atomic E-state index is 12.1. The Hall–Kier alpha value is -1.51. The summed E-state index contributed by atoms with van der Waals surface area (Å²) in [5.41, 5.74) is 0.842. The van der Waals surface area contributed by atoms with Gasteiger partial charge in [-0.25, -0.2) is 0 Å². The van der Waals surface area contributed by atoms with E-state index < -0.39 is 0 Å². The van der Waals surface area contributed by atoms with E-state index in [-0.39, 0.29) is 17.6 Å². The highest BCUT2D eigenvalue weighted by atomic mass is 16.3. The number of carbonyl (C=O) groups is 1. The second-order valence-electron chi connectivity index (χ2n) is 4.40. The number of amides is 1. The van der Waals surface area contributed by atoms with E-state index in [9.17, 15) is 9.90 Å². The second kappa shape index (κ2) is 4.56. The number of nitrogens with zero attached hydrogens (tertiary/aromatic N) is 1. The van der Waals surface area contributed by atoms with Crippen LogP contribution in [-0.4, -0.2) is 18.1 Å². The van der Waals surface area contributed by atoms with E-state index in [0.29, 0.717) is 0 Å². The summed E-state index contributed by atoms with van der Waals surface area (Å²) in [6.07, 6.45) is 4.36. The van der Waals surface area contributed by atoms with Crippen LogP contribution in [0.15, 0.2) is 24.3 Å². The summed E-state index contributed by atoms with van der Waals surface area (Å²) in [5.74, 6) is 0.618. The molecular weight excluding hydrogens is 202 g/mol. The first-order valence-corrected chi connectivity index (χ1v) is 5.75. The van der Waals surface area contributed by atoms with Gasteiger partial charge in [0.1, 0.15) is 5.75 Å². The van der Waals surface area contributed by atoms with Crippen LogP contribution < -0.4 is 4.90 Å². The first-order chi connectivity index (χ1) is 7.68. The van der Waals surface area contributed by atoms with Crippen molar-refractivity contribution in [2.24, 2.45) is 5.92 Å². The first kappa shape index (κ1) is 11.0. The monoisotopic (exact) mass is 219 g/mol. The number of phenols is 1. The highest BCUT2D eigenvalue weighted by Crippen LogP contribution is 2.28. The predicted molar refractivity (Wildman–Crippen MR) is 63.5 cm³/mol. The number of phenolic OH excluding ortho intramolecular Hbond substituents is 1. The average Bonchev–Trinajstić information content (AvgIpc) is 2.81. The molecule has 1 amide bonds. The van der Waals surface area contributed by atoms with E-state index in [4.69, 9.17) is 0 Å². The third kappa shape index (κ3) is 2.18. The van der Waals surface area contributed by atoms with Crippen molar-refractivity contribution >= 4 is 11.6 Å². The van der Waals surface area contributed by atoms with Crippen LogP contribution in [0.3, 0.4) is 0 Å². The van der Waals surface area contributed by atoms with Crippen LogP contribution in [0.4, 0.5) is 5.69 Å². The molecule has 3 heteroatoms. The minimum absolute atomic E-state index is 0.193. The van der Waals surface area contributed by atoms with E-state index in [1.807, 2.05) is 0 Å². The molecule has 1 saturated carbocycles. The Kier molecular flexibility index (Phi) is 3.13. The van der Waals surface area contributed by atoms with Crippen LogP contribution in [0.25, 0.3) is 0 Å². The molecule has 1 N–H and O–H groups in total. The fourth-order valence-corrected chi connectivity index (χ4v) is 2.25. The summed E-state index contributed by atoms with van der Waals surface area (Å²) in [6.45, 7) is 0. The lowest BCUT2D eigenvalue weighted by Crippen LogP contribution is -2.31. The van der Waals surface area contributed by atoms with E-state index in [1.54, 1.807) is 36.2 Å². The van der Waals surface area contributed by atoms with Gasteiger partial charge < -0.3 is 10.0 Å². The van der Waals surface area contributed by atoms with E-state index in [0.717, 1.165) is 18.5 Å². The molecule has 3 nitrogen and oxygen atoms in total. The Morgan fingerprint density at radius 3 is 2.38 bits per heavy atom. The molecule has 1 aliphatic carbocycles. The van der Waals surface area contributed by atoms with E-state index >= 15 is 0 Å². The topological polar surface area (TPSA) is 40.5 Å². The summed E-state index contributed by atoms with van der Waals surface area (Å²) >= 11 is 0. The van der Waals surface area contributed by atoms with E-state index in [1.165, 1.54) is 12.8 Å². The molecule has 0 aromatic heterocycles. The van der Waals surface area contributed by atoms with Gasteiger partial charge in [-0.05, 0) is 37.1 Å². The van der Waals surface area contributed by atoms with Crippen LogP contribution in [0.5, 0.6) is 5.75 Å². The van der Waals surface area contributed by atoms with Gasteiger partial charge in [0.25, 0.3) is 0 Å². The number of anilines is 1. The van der Waals surface area contributed by atoms with Gasteiger partial charge in [0, 0.05) is 18.7 Å². The summed E-state index contributed by atoms with van der Waals surface area (Å²) in [6, 6.07) is 6.74. The number of rotatable bonds is 2. The normalized spacial score (nSPS) is 16.3. The fourth-order valence-electron chi connectivity index (χ4n) is 2.25. The van der Waals surface area contributed by atoms with Gasteiger partial charge in [0.2, 0.25) is 5.91 Å². The quantitative estimate of drug-likeness (QED) is 0.830. The van der Waals surface area contributed by atoms with Crippen LogP contribution in [-0.2, 0) is 4.79 Å². The van der Waals surface area contributed by atoms with Gasteiger partial charge in [-0.2, -0.15) is 0 Å². The maximum atomic E-state index is 12.1. The third-order valence-corrected chi connectivity index (χ3v) is 3.27. The van der Waals surface area contributed by atoms with Crippen molar-refractivity contribution in [2.45, 2.75) is 25.7 Å². The molecule has 0 bridgehead atoms. The number of carbonyl (C=O) groups excluding carboxylic acids is 1. The Labute approximate surface area is 95.7 Å². The highest BCUT2D eigenvalue weighted by Gasteiger charge is 2.25. The largest absolute Gasteiger partial charge is 0.508 e. The standard InChI is InChI=1S/C13H17NO2/c1-14(11-6-8-12(15)9-7-11)13(16)10-4-2-3-5-10/h6-10,15H,2-5H2,1H3. The molecule has 1 fully saturated rings. The summed E-state index contributed by atoms with van der Waals surface area (Å²) in [4.78, 5) is 13.8. The summed E-state index contributed by atoms with van der Waals surface area (Å²) in [7, 11) is 1.80. The smallest absolute Gasteiger partial charge is 0.229 e. The fraction of sp³-hybridized carbons (Fsp3) is 0.462. The van der Waals surface area contributed by atoms with Gasteiger partial charge in [-0.1, -0.05) is 12.8 Å². The Bertz CT molecular complexity index is 366. The lowest BCUT2D eigenvalue weighted by atomic mass is 10.1. The SMILES string of the molecule is CN(C(=O)C1CCCC1)c1ccc(O)cc1. The van der Waals surface area contributed by atoms with Crippen LogP contribution >= 0.6 is 0 Å². The Morgan fingerprint density at radius 2 is 1.81 bits per heavy atom. The van der Waals surface area contributed by atoms with Gasteiger partial charge in [-0.3, -0.25) is 4.79 Å². The van der Waals surface area contributed by atoms with Crippen molar-refractivity contribution in [2.75, 3.05) is 11.9 Å². The molecule has 0 saturated heterocycles. The van der Waals surface area contributed by atoms with Crippen molar-refractivity contribution in [3.8, 4) is 5.75 Å². The van der Waals surface area contributed by atoms with Crippen LogP contribution in [0, 0.1) is 5.92 Å². The molecule has 1 aromatic carbocycles. The first-order valence-electron chi connectivity index (χ1n) is 5.75. The van der Waals surface area contributed by atoms with Gasteiger partial charge in [-0.15, -0.1) is 0 Å². The van der Waals surface area contributed by atoms with Crippen LogP contribution in [0.2, 0.25) is 0 Å². The zero-order valence-corrected chi connectivity index (χ0v) is 9.52. The zero-order chi connectivity index (χ0) is 11.5. The summed E-state index contributed by atoms with van der Waals surface area (Å²) < 4.78 is 0. The molecule has 0 atom stereocenters. The zero-order valence-electron chi connectivity index (χ0n) is 9.52. The molecule has 0 radical (unpaired) electrons. The van der Waals surface area contributed by atoms with Crippen molar-refractivity contribution < 1.29 is 9.90 Å². The minimum Gasteiger partial charge on any atom is -0.508 e. The number of aromatic hydroxyl groups is 1. The predicted octanol–water partition coefficient (Wildman–Crippen LogP) is 2.55. The molecule has 1 aliphatic rings. The lowest BCUT2D eigenvalue weighted by molar-refractivity contribution is -0.121. The number of hydrogen-bond donors (Lipinski definition) is 1. The highest BCUT2D eigenvalue weighted by molar-refractivity contribution is 5.94. The molecule has 0 heterocycles. The number of hydrogen-bond acceptors (Lipinski definition) is 2. The average molecular weight is 219 g/mol. The van der Waals surface area contributed by atoms with Gasteiger partial charge in [0.05, 0.1) is 0 Å². The van der Waals surface area contributed by atoms with E-state index in [2.05, 4.69) is 0 Å². The molecule has 0 spiro atoms. The van der Waals surface area contributed by atoms with Crippen molar-refractivity contribution in [1.82, 2.24) is 0 Å². The second-order valence-corrected chi connectivity index (χ2v) is 4.40. The van der Waals surface area contributed by atoms with Crippen molar-refractivity contribution in [3.05, 3.63) is 24.3 Å². The summed E-state index contributed by atoms with van der Waals surface area (Å²) in [5, 5.41) is 9.19. The van der Waals surface area contributed by atoms with Crippen molar-refractivity contribution in [3.63, 3.8) is 0 Å². The minimum atomic E-state index is 0.193. The maximum Gasteiger partial charge on any atom is 0.229 e. The van der Waals surface area contributed by atoms with Crippen LogP contribution in [0.1, 0.15) is 25.7 Å². The molecule has 2 rings (SSSR count). The molecule has 1 aromatic rings. The molecule has 16 heavy (non-hydrogen) atoms. The Balaban J connectivity index is 2.08. The van der Waals surface area contributed by atoms with Gasteiger partial charge in [0.15, 0.2) is 0 Å². The third-order valence-electron chi connectivity index (χ3n) is 3.27. The van der Waals surface area contributed by atoms with Crippen molar-refractivity contribution in [1.29, 1.82) is 0 Å². The Morgan fingerprint density at radius 1 is 1.25 bits per heavy atom.